The van der Waals surface area contributed by atoms with Gasteiger partial charge in [0.1, 0.15) is 5.92 Å². The lowest BCUT2D eigenvalue weighted by Crippen LogP contribution is -2.50. The Kier molecular flexibility index (Phi) is 3.86. The summed E-state index contributed by atoms with van der Waals surface area (Å²) >= 11 is 1.72. The zero-order valence-corrected chi connectivity index (χ0v) is 12.6. The Balaban J connectivity index is 1.68. The highest BCUT2D eigenvalue weighted by Gasteiger charge is 2.37. The molecule has 1 fully saturated rings. The van der Waals surface area contributed by atoms with E-state index in [1.807, 2.05) is 12.3 Å². The van der Waals surface area contributed by atoms with E-state index in [1.165, 1.54) is 10.4 Å². The van der Waals surface area contributed by atoms with Crippen molar-refractivity contribution in [3.05, 3.63) is 21.9 Å². The molecule has 0 bridgehead atoms. The molecule has 114 valence electrons. The fraction of sp³-hybridized carbons (Fsp3) is 0.571. The highest BCUT2D eigenvalue weighted by atomic mass is 32.1. The Hall–Kier alpha value is -1.60. The van der Waals surface area contributed by atoms with Crippen LogP contribution in [0.2, 0.25) is 0 Å². The number of aliphatic carboxylic acids is 1. The first-order chi connectivity index (χ1) is 10.1. The number of fused-ring (bicyclic) bond motifs is 1. The molecule has 1 aromatic heterocycles. The Labute approximate surface area is 126 Å². The summed E-state index contributed by atoms with van der Waals surface area (Å²) in [6, 6.07) is 1.42. The highest BCUT2D eigenvalue weighted by Crippen LogP contribution is 2.32. The molecule has 3 heterocycles. The molecule has 2 amide bonds. The lowest BCUT2D eigenvalue weighted by Gasteiger charge is -2.34. The number of amides is 2. The second-order valence-corrected chi connectivity index (χ2v) is 6.46. The lowest BCUT2D eigenvalue weighted by atomic mass is 10.0. The van der Waals surface area contributed by atoms with E-state index in [9.17, 15) is 9.59 Å². The van der Waals surface area contributed by atoms with Crippen molar-refractivity contribution in [3.63, 3.8) is 0 Å². The van der Waals surface area contributed by atoms with E-state index >= 15 is 0 Å². The van der Waals surface area contributed by atoms with Crippen LogP contribution in [0.3, 0.4) is 0 Å². The van der Waals surface area contributed by atoms with Gasteiger partial charge in [0, 0.05) is 11.4 Å². The van der Waals surface area contributed by atoms with Gasteiger partial charge < -0.3 is 20.1 Å². The summed E-state index contributed by atoms with van der Waals surface area (Å²) in [5, 5.41) is 14.0. The zero-order chi connectivity index (χ0) is 15.0. The van der Waals surface area contributed by atoms with E-state index in [1.54, 1.807) is 16.2 Å². The topological polar surface area (TPSA) is 78.9 Å². The average Bonchev–Trinajstić information content (AvgIpc) is 3.07. The Morgan fingerprint density at radius 1 is 1.48 bits per heavy atom. The van der Waals surface area contributed by atoms with Gasteiger partial charge in [-0.15, -0.1) is 11.3 Å². The number of carbonyl (C=O) groups is 2. The van der Waals surface area contributed by atoms with Gasteiger partial charge in [-0.25, -0.2) is 4.79 Å². The van der Waals surface area contributed by atoms with Gasteiger partial charge in [-0.2, -0.15) is 0 Å². The molecular formula is C14H18N2O4S. The van der Waals surface area contributed by atoms with Gasteiger partial charge in [0.15, 0.2) is 0 Å². The molecule has 3 atom stereocenters. The minimum absolute atomic E-state index is 0.0191. The van der Waals surface area contributed by atoms with Crippen molar-refractivity contribution in [2.45, 2.75) is 25.4 Å². The van der Waals surface area contributed by atoms with Gasteiger partial charge in [-0.1, -0.05) is 0 Å². The van der Waals surface area contributed by atoms with E-state index in [0.29, 0.717) is 6.54 Å². The third kappa shape index (κ3) is 2.63. The average molecular weight is 310 g/mol. The smallest absolute Gasteiger partial charge is 0.318 e. The van der Waals surface area contributed by atoms with Gasteiger partial charge >= 0.3 is 12.0 Å². The van der Waals surface area contributed by atoms with Crippen LogP contribution in [-0.2, 0) is 16.0 Å². The number of carboxylic acid groups (broad SMARTS) is 1. The fourth-order valence-corrected chi connectivity index (χ4v) is 3.93. The third-order valence-corrected chi connectivity index (χ3v) is 5.24. The first kappa shape index (κ1) is 14.3. The molecule has 21 heavy (non-hydrogen) atoms. The summed E-state index contributed by atoms with van der Waals surface area (Å²) in [4.78, 5) is 26.7. The number of hydrogen-bond donors (Lipinski definition) is 2. The maximum atomic E-state index is 12.4. The van der Waals surface area contributed by atoms with Crippen LogP contribution in [0.1, 0.15) is 23.4 Å². The fourth-order valence-electron chi connectivity index (χ4n) is 2.97. The first-order valence-electron chi connectivity index (χ1n) is 7.02. The van der Waals surface area contributed by atoms with Gasteiger partial charge in [-0.05, 0) is 30.4 Å². The first-order valence-corrected chi connectivity index (χ1v) is 7.90. The number of urea groups is 1. The quantitative estimate of drug-likeness (QED) is 0.867. The van der Waals surface area contributed by atoms with E-state index in [4.69, 9.17) is 9.84 Å². The van der Waals surface area contributed by atoms with Crippen LogP contribution in [0, 0.1) is 5.92 Å². The molecule has 0 aromatic carbocycles. The van der Waals surface area contributed by atoms with E-state index in [0.717, 1.165) is 6.42 Å². The van der Waals surface area contributed by atoms with Crippen LogP contribution >= 0.6 is 11.3 Å². The van der Waals surface area contributed by atoms with Crippen LogP contribution in [0.5, 0.6) is 0 Å². The number of thiophene rings is 1. The second kappa shape index (κ2) is 5.65. The molecule has 6 nitrogen and oxygen atoms in total. The number of carboxylic acids is 1. The van der Waals surface area contributed by atoms with Crippen LogP contribution in [0.15, 0.2) is 11.4 Å². The van der Waals surface area contributed by atoms with Crippen molar-refractivity contribution in [2.75, 3.05) is 19.8 Å². The van der Waals surface area contributed by atoms with E-state index < -0.39 is 17.9 Å². The lowest BCUT2D eigenvalue weighted by molar-refractivity contribution is -0.142. The minimum atomic E-state index is -0.926. The number of nitrogens with one attached hydrogen (secondary N) is 1. The van der Waals surface area contributed by atoms with Gasteiger partial charge in [-0.3, -0.25) is 4.79 Å². The zero-order valence-electron chi connectivity index (χ0n) is 11.7. The van der Waals surface area contributed by atoms with Crippen LogP contribution in [0.25, 0.3) is 0 Å². The summed E-state index contributed by atoms with van der Waals surface area (Å²) in [5.74, 6) is -1.59. The third-order valence-electron chi connectivity index (χ3n) is 4.24. The van der Waals surface area contributed by atoms with E-state index in [2.05, 4.69) is 11.4 Å². The predicted molar refractivity (Wildman–Crippen MR) is 77.4 cm³/mol. The maximum Gasteiger partial charge on any atom is 0.318 e. The largest absolute Gasteiger partial charge is 0.481 e. The molecule has 0 radical (unpaired) electrons. The molecule has 3 rings (SSSR count). The summed E-state index contributed by atoms with van der Waals surface area (Å²) in [6.45, 7) is 3.08. The molecule has 2 aliphatic heterocycles. The van der Waals surface area contributed by atoms with Crippen molar-refractivity contribution >= 4 is 23.3 Å². The van der Waals surface area contributed by atoms with Crippen LogP contribution in [-0.4, -0.2) is 47.8 Å². The van der Waals surface area contributed by atoms with Gasteiger partial charge in [0.25, 0.3) is 0 Å². The minimum Gasteiger partial charge on any atom is -0.481 e. The summed E-state index contributed by atoms with van der Waals surface area (Å²) in [6.07, 6.45) is 0.855. The summed E-state index contributed by atoms with van der Waals surface area (Å²) in [7, 11) is 0. The number of nitrogens with zero attached hydrogens (tertiary/aromatic N) is 1. The Bertz CT molecular complexity index is 559. The summed E-state index contributed by atoms with van der Waals surface area (Å²) in [5.41, 5.74) is 1.19. The molecule has 0 aliphatic carbocycles. The molecule has 3 unspecified atom stereocenters. The number of ether oxygens (including phenoxy) is 1. The van der Waals surface area contributed by atoms with Crippen LogP contribution in [0.4, 0.5) is 4.79 Å². The monoisotopic (exact) mass is 310 g/mol. The van der Waals surface area contributed by atoms with Crippen molar-refractivity contribution in [1.29, 1.82) is 0 Å². The molecule has 2 N–H and O–H groups in total. The molecule has 2 aliphatic rings. The predicted octanol–water partition coefficient (Wildman–Crippen LogP) is 1.48. The van der Waals surface area contributed by atoms with Gasteiger partial charge in [0.2, 0.25) is 0 Å². The van der Waals surface area contributed by atoms with Gasteiger partial charge in [0.05, 0.1) is 25.3 Å². The van der Waals surface area contributed by atoms with Crippen molar-refractivity contribution < 1.29 is 19.4 Å². The Morgan fingerprint density at radius 2 is 2.29 bits per heavy atom. The molecule has 7 heteroatoms. The second-order valence-electron chi connectivity index (χ2n) is 5.46. The summed E-state index contributed by atoms with van der Waals surface area (Å²) < 4.78 is 5.18. The molecule has 1 saturated heterocycles. The molecule has 0 saturated carbocycles. The molecule has 0 spiro atoms. The van der Waals surface area contributed by atoms with E-state index in [-0.39, 0.29) is 25.3 Å². The standard InChI is InChI=1S/C14H18N2O4S/c1-8-9-3-5-21-12(9)2-4-16(8)14(19)15-11-7-20-6-10(11)13(17)18/h3,5,8,10-11H,2,4,6-7H2,1H3,(H,15,19)(H,17,18). The SMILES string of the molecule is CC1c2ccsc2CCN1C(=O)NC1COCC1C(=O)O. The maximum absolute atomic E-state index is 12.4. The number of hydrogen-bond acceptors (Lipinski definition) is 4. The Morgan fingerprint density at radius 3 is 3.05 bits per heavy atom. The van der Waals surface area contributed by atoms with Crippen molar-refractivity contribution in [1.82, 2.24) is 10.2 Å². The highest BCUT2D eigenvalue weighted by molar-refractivity contribution is 7.10. The molecular weight excluding hydrogens is 292 g/mol. The van der Waals surface area contributed by atoms with Crippen molar-refractivity contribution in [2.24, 2.45) is 5.92 Å². The normalized spacial score (nSPS) is 28.2. The number of carbonyl (C=O) groups excluding carboxylic acids is 1. The van der Waals surface area contributed by atoms with Crippen LogP contribution < -0.4 is 5.32 Å². The number of rotatable bonds is 2. The molecule has 1 aromatic rings. The van der Waals surface area contributed by atoms with Crippen molar-refractivity contribution in [3.8, 4) is 0 Å².